The Morgan fingerprint density at radius 1 is 1.30 bits per heavy atom. The molecule has 1 aliphatic carbocycles. The molecule has 0 aromatic heterocycles. The van der Waals surface area contributed by atoms with Crippen LogP contribution < -0.4 is 20.1 Å². The van der Waals surface area contributed by atoms with E-state index >= 15 is 0 Å². The molecule has 23 heavy (non-hydrogen) atoms. The molecule has 2 rings (SSSR count). The molecule has 1 fully saturated rings. The fraction of sp³-hybridized carbons (Fsp3) is 0.438. The lowest BCUT2D eigenvalue weighted by molar-refractivity contribution is -0.122. The fourth-order valence-corrected chi connectivity index (χ4v) is 2.47. The minimum atomic E-state index is -0.576. The van der Waals surface area contributed by atoms with Crippen LogP contribution in [0.2, 0.25) is 0 Å². The van der Waals surface area contributed by atoms with Gasteiger partial charge in [0.2, 0.25) is 0 Å². The number of rotatable bonds is 6. The molecule has 1 aromatic rings. The predicted molar refractivity (Wildman–Crippen MR) is 82.8 cm³/mol. The number of hydrogen-bond donors (Lipinski definition) is 2. The highest BCUT2D eigenvalue weighted by molar-refractivity contribution is 5.95. The molecule has 0 bridgehead atoms. The Bertz CT molecular complexity index is 582. The highest BCUT2D eigenvalue weighted by Gasteiger charge is 2.18. The van der Waals surface area contributed by atoms with Crippen LogP contribution in [0, 0.1) is 0 Å². The zero-order chi connectivity index (χ0) is 16.7. The number of ether oxygens (including phenoxy) is 2. The molecule has 0 aliphatic heterocycles. The molecule has 1 saturated carbocycles. The maximum Gasteiger partial charge on any atom is 0.321 e. The third-order valence-electron chi connectivity index (χ3n) is 3.65. The molecule has 0 unspecified atom stereocenters. The Labute approximate surface area is 134 Å². The summed E-state index contributed by atoms with van der Waals surface area (Å²) in [5, 5.41) is 4.96. The summed E-state index contributed by atoms with van der Waals surface area (Å²) in [7, 11) is 1.49. The first kappa shape index (κ1) is 16.8. The summed E-state index contributed by atoms with van der Waals surface area (Å²) in [5.74, 6) is 0.195. The average molecular weight is 320 g/mol. The molecular formula is C16H20N2O5. The Morgan fingerprint density at radius 2 is 2.04 bits per heavy atom. The van der Waals surface area contributed by atoms with Crippen molar-refractivity contribution in [2.75, 3.05) is 13.7 Å². The van der Waals surface area contributed by atoms with Gasteiger partial charge in [0.1, 0.15) is 11.5 Å². The molecule has 0 saturated heterocycles. The first-order valence-corrected chi connectivity index (χ1v) is 7.48. The van der Waals surface area contributed by atoms with Gasteiger partial charge in [-0.1, -0.05) is 12.8 Å². The van der Waals surface area contributed by atoms with Crippen molar-refractivity contribution in [2.24, 2.45) is 0 Å². The number of benzene rings is 1. The third kappa shape index (κ3) is 4.98. The van der Waals surface area contributed by atoms with Crippen LogP contribution in [0.15, 0.2) is 18.2 Å². The van der Waals surface area contributed by atoms with Crippen LogP contribution in [0.4, 0.5) is 4.79 Å². The Balaban J connectivity index is 1.81. The number of hydrogen-bond acceptors (Lipinski definition) is 5. The summed E-state index contributed by atoms with van der Waals surface area (Å²) in [5.41, 5.74) is 0.271. The minimum Gasteiger partial charge on any atom is -0.497 e. The minimum absolute atomic E-state index is 0.131. The van der Waals surface area contributed by atoms with Gasteiger partial charge in [0, 0.05) is 6.04 Å². The quantitative estimate of drug-likeness (QED) is 0.777. The van der Waals surface area contributed by atoms with Gasteiger partial charge < -0.3 is 14.8 Å². The zero-order valence-corrected chi connectivity index (χ0v) is 13.0. The fourth-order valence-electron chi connectivity index (χ4n) is 2.47. The number of aldehydes is 1. The van der Waals surface area contributed by atoms with Crippen molar-refractivity contribution in [2.45, 2.75) is 31.7 Å². The normalized spacial score (nSPS) is 14.1. The Hall–Kier alpha value is -2.57. The number of nitrogens with one attached hydrogen (secondary N) is 2. The summed E-state index contributed by atoms with van der Waals surface area (Å²) in [4.78, 5) is 34.4. The first-order valence-electron chi connectivity index (χ1n) is 7.48. The highest BCUT2D eigenvalue weighted by Crippen LogP contribution is 2.22. The van der Waals surface area contributed by atoms with Gasteiger partial charge in [-0.15, -0.1) is 0 Å². The number of carbonyl (C=O) groups excluding carboxylic acids is 3. The van der Waals surface area contributed by atoms with Crippen molar-refractivity contribution in [1.82, 2.24) is 10.6 Å². The van der Waals surface area contributed by atoms with Crippen molar-refractivity contribution in [3.05, 3.63) is 23.8 Å². The van der Waals surface area contributed by atoms with Crippen molar-refractivity contribution < 1.29 is 23.9 Å². The molecule has 124 valence electrons. The summed E-state index contributed by atoms with van der Waals surface area (Å²) in [6, 6.07) is 4.27. The van der Waals surface area contributed by atoms with Crippen molar-refractivity contribution >= 4 is 18.2 Å². The molecule has 0 atom stereocenters. The van der Waals surface area contributed by atoms with E-state index in [9.17, 15) is 14.4 Å². The topological polar surface area (TPSA) is 93.7 Å². The van der Waals surface area contributed by atoms with Gasteiger partial charge in [0.25, 0.3) is 5.91 Å². The molecule has 0 spiro atoms. The smallest absolute Gasteiger partial charge is 0.321 e. The number of imide groups is 1. The number of carbonyl (C=O) groups is 3. The largest absolute Gasteiger partial charge is 0.497 e. The van der Waals surface area contributed by atoms with Gasteiger partial charge in [0.05, 0.1) is 12.7 Å². The third-order valence-corrected chi connectivity index (χ3v) is 3.65. The first-order chi connectivity index (χ1) is 11.1. The van der Waals surface area contributed by atoms with Gasteiger partial charge in [-0.05, 0) is 31.0 Å². The van der Waals surface area contributed by atoms with E-state index in [1.54, 1.807) is 6.07 Å². The zero-order valence-electron chi connectivity index (χ0n) is 13.0. The molecule has 1 aliphatic rings. The average Bonchev–Trinajstić information content (AvgIpc) is 3.05. The summed E-state index contributed by atoms with van der Waals surface area (Å²) >= 11 is 0. The predicted octanol–water partition coefficient (Wildman–Crippen LogP) is 1.65. The molecule has 0 radical (unpaired) electrons. The molecule has 3 amide bonds. The van der Waals surface area contributed by atoms with E-state index in [-0.39, 0.29) is 24.0 Å². The van der Waals surface area contributed by atoms with E-state index < -0.39 is 11.9 Å². The highest BCUT2D eigenvalue weighted by atomic mass is 16.5. The van der Waals surface area contributed by atoms with Gasteiger partial charge >= 0.3 is 6.03 Å². The van der Waals surface area contributed by atoms with Crippen LogP contribution in [0.25, 0.3) is 0 Å². The lowest BCUT2D eigenvalue weighted by Crippen LogP contribution is -2.45. The molecule has 7 nitrogen and oxygen atoms in total. The van der Waals surface area contributed by atoms with Crippen LogP contribution in [-0.2, 0) is 4.79 Å². The Kier molecular flexibility index (Phi) is 5.96. The van der Waals surface area contributed by atoms with E-state index in [1.807, 2.05) is 0 Å². The number of methoxy groups -OCH3 is 1. The Morgan fingerprint density at radius 3 is 2.70 bits per heavy atom. The van der Waals surface area contributed by atoms with Crippen molar-refractivity contribution in [1.29, 1.82) is 0 Å². The van der Waals surface area contributed by atoms with Crippen molar-refractivity contribution in [3.63, 3.8) is 0 Å². The lowest BCUT2D eigenvalue weighted by Gasteiger charge is -2.13. The monoisotopic (exact) mass is 320 g/mol. The lowest BCUT2D eigenvalue weighted by atomic mass is 10.2. The second-order valence-electron chi connectivity index (χ2n) is 5.31. The van der Waals surface area contributed by atoms with Crippen LogP contribution in [0.5, 0.6) is 11.5 Å². The molecule has 2 N–H and O–H groups in total. The second kappa shape index (κ2) is 8.17. The summed E-state index contributed by atoms with van der Waals surface area (Å²) < 4.78 is 10.3. The van der Waals surface area contributed by atoms with Crippen LogP contribution in [0.3, 0.4) is 0 Å². The molecular weight excluding hydrogens is 300 g/mol. The van der Waals surface area contributed by atoms with Crippen LogP contribution in [0.1, 0.15) is 36.0 Å². The van der Waals surface area contributed by atoms with Crippen molar-refractivity contribution in [3.8, 4) is 11.5 Å². The molecule has 1 aromatic carbocycles. The van der Waals surface area contributed by atoms with Gasteiger partial charge in [-0.25, -0.2) is 4.79 Å². The number of urea groups is 1. The summed E-state index contributed by atoms with van der Waals surface area (Å²) in [6.07, 6.45) is 4.67. The second-order valence-corrected chi connectivity index (χ2v) is 5.31. The standard InChI is InChI=1S/C16H20N2O5/c1-22-13-6-7-14(11(8-13)9-19)23-10-15(20)18-16(21)17-12-4-2-3-5-12/h6-9,12H,2-5,10H2,1H3,(H2,17,18,20,21). The van der Waals surface area contributed by atoms with E-state index in [1.165, 1.54) is 19.2 Å². The molecule has 0 heterocycles. The van der Waals surface area contributed by atoms with Gasteiger partial charge in [-0.2, -0.15) is 0 Å². The van der Waals surface area contributed by atoms with Crippen LogP contribution in [-0.4, -0.2) is 38.0 Å². The van der Waals surface area contributed by atoms with Gasteiger partial charge in [0.15, 0.2) is 12.9 Å². The maximum atomic E-state index is 11.7. The van der Waals surface area contributed by atoms with E-state index in [2.05, 4.69) is 10.6 Å². The van der Waals surface area contributed by atoms with E-state index in [0.717, 1.165) is 25.7 Å². The molecule has 7 heteroatoms. The van der Waals surface area contributed by atoms with E-state index in [0.29, 0.717) is 12.0 Å². The SMILES string of the molecule is COc1ccc(OCC(=O)NC(=O)NC2CCCC2)c(C=O)c1. The maximum absolute atomic E-state index is 11.7. The van der Waals surface area contributed by atoms with E-state index in [4.69, 9.17) is 9.47 Å². The van der Waals surface area contributed by atoms with Gasteiger partial charge in [-0.3, -0.25) is 14.9 Å². The van der Waals surface area contributed by atoms with Crippen LogP contribution >= 0.6 is 0 Å². The number of amides is 3. The summed E-state index contributed by atoms with van der Waals surface area (Å²) in [6.45, 7) is -0.356.